The highest BCUT2D eigenvalue weighted by Crippen LogP contribution is 2.65. The highest BCUT2D eigenvalue weighted by molar-refractivity contribution is 5.96. The number of nitrogens with zero attached hydrogens (tertiary/aromatic N) is 1. The predicted octanol–water partition coefficient (Wildman–Crippen LogP) is 21.0. The van der Waals surface area contributed by atoms with Crippen LogP contribution in [0.4, 0.5) is 17.1 Å². The van der Waals surface area contributed by atoms with Crippen LogP contribution in [0.15, 0.2) is 290 Å². The molecule has 82 heavy (non-hydrogen) atoms. The Bertz CT molecular complexity index is 4150. The smallest absolute Gasteiger partial charge is 0.0720 e. The molecule has 1 atom stereocenters. The molecule has 1 unspecified atom stereocenters. The van der Waals surface area contributed by atoms with Gasteiger partial charge in [0.15, 0.2) is 0 Å². The van der Waals surface area contributed by atoms with Gasteiger partial charge in [-0.25, -0.2) is 0 Å². The molecule has 1 heteroatoms. The molecule has 10 aromatic rings. The molecule has 0 aromatic heterocycles. The molecule has 398 valence electrons. The summed E-state index contributed by atoms with van der Waals surface area (Å²) in [7, 11) is 0. The first-order valence-corrected chi connectivity index (χ1v) is 29.9. The molecule has 0 aliphatic heterocycles. The van der Waals surface area contributed by atoms with E-state index >= 15 is 0 Å². The van der Waals surface area contributed by atoms with E-state index < -0.39 is 10.8 Å². The van der Waals surface area contributed by atoms with Crippen LogP contribution >= 0.6 is 0 Å². The average Bonchev–Trinajstić information content (AvgIpc) is 2.19. The molecule has 0 saturated heterocycles. The van der Waals surface area contributed by atoms with Gasteiger partial charge in [0.2, 0.25) is 0 Å². The summed E-state index contributed by atoms with van der Waals surface area (Å²) in [5.74, 6) is 0. The van der Waals surface area contributed by atoms with Gasteiger partial charge in [0.05, 0.1) is 16.5 Å². The fourth-order valence-electron chi connectivity index (χ4n) is 15.5. The maximum absolute atomic E-state index is 2.60. The lowest BCUT2D eigenvalue weighted by Crippen LogP contribution is -2.44. The number of anilines is 3. The monoisotopic (exact) mass is 1060 g/mol. The predicted molar refractivity (Wildman–Crippen MR) is 345 cm³/mol. The SMILES string of the molecule is CC.CC(C1=CCCC=C1)(C1=CC=CCC1)c1ccccc1-c1ccccc1N(c1ccc2c(c1)C(C)(C)c1ccccc1-2)c1ccc2c(c1)C1(c3ccccc3-2)c2ccccc2C(c2ccccc2)(c2ccccc2)c2ccccc21. The molecular weight excluding hydrogens is 987 g/mol. The third kappa shape index (κ3) is 7.38. The zero-order valence-electron chi connectivity index (χ0n) is 47.8. The van der Waals surface area contributed by atoms with Crippen LogP contribution in [0.5, 0.6) is 0 Å². The van der Waals surface area contributed by atoms with Crippen molar-refractivity contribution in [3.63, 3.8) is 0 Å². The first-order chi connectivity index (χ1) is 40.4. The quantitative estimate of drug-likeness (QED) is 0.139. The summed E-state index contributed by atoms with van der Waals surface area (Å²) in [4.78, 5) is 2.60. The maximum atomic E-state index is 2.60. The van der Waals surface area contributed by atoms with E-state index in [-0.39, 0.29) is 10.8 Å². The average molecular weight is 1060 g/mol. The minimum Gasteiger partial charge on any atom is -0.310 e. The van der Waals surface area contributed by atoms with Gasteiger partial charge in [-0.1, -0.05) is 282 Å². The number of fused-ring (bicyclic) bond motifs is 12. The summed E-state index contributed by atoms with van der Waals surface area (Å²) < 4.78 is 0. The van der Waals surface area contributed by atoms with Crippen molar-refractivity contribution in [2.75, 3.05) is 4.90 Å². The van der Waals surface area contributed by atoms with E-state index in [4.69, 9.17) is 0 Å². The number of para-hydroxylation sites is 1. The van der Waals surface area contributed by atoms with Gasteiger partial charge >= 0.3 is 0 Å². The van der Waals surface area contributed by atoms with Crippen LogP contribution in [0.25, 0.3) is 33.4 Å². The Kier molecular flexibility index (Phi) is 12.6. The van der Waals surface area contributed by atoms with Gasteiger partial charge in [-0.05, 0) is 158 Å². The molecule has 0 fully saturated rings. The second kappa shape index (κ2) is 20.2. The summed E-state index contributed by atoms with van der Waals surface area (Å²) in [5, 5.41) is 0. The Hall–Kier alpha value is -9.04. The van der Waals surface area contributed by atoms with Gasteiger partial charge in [0.1, 0.15) is 0 Å². The lowest BCUT2D eigenvalue weighted by Gasteiger charge is -2.50. The molecule has 0 saturated carbocycles. The van der Waals surface area contributed by atoms with Crippen molar-refractivity contribution in [2.45, 2.75) is 82.0 Å². The van der Waals surface area contributed by atoms with Crippen LogP contribution in [0, 0.1) is 0 Å². The minimum absolute atomic E-state index is 0.200. The first kappa shape index (κ1) is 51.1. The summed E-state index contributed by atoms with van der Waals surface area (Å²) in [6.45, 7) is 11.3. The lowest BCUT2D eigenvalue weighted by atomic mass is 9.51. The second-order valence-corrected chi connectivity index (χ2v) is 23.3. The van der Waals surface area contributed by atoms with Gasteiger partial charge in [0.25, 0.3) is 0 Å². The molecule has 0 bridgehead atoms. The molecule has 0 heterocycles. The van der Waals surface area contributed by atoms with E-state index in [1.54, 1.807) is 0 Å². The Labute approximate surface area is 486 Å². The summed E-state index contributed by atoms with van der Waals surface area (Å²) in [5.41, 5.74) is 26.5. The third-order valence-corrected chi connectivity index (χ3v) is 19.1. The van der Waals surface area contributed by atoms with E-state index in [0.29, 0.717) is 0 Å². The standard InChI is InChI=1S/C79H63N.C2H6/c1-76(2)66-40-20-16-36-60(66)63-50-48-58(52-73(63)76)80(75-47-27-19-39-65(75)62-38-17-21-41-67(62)77(3,54-28-8-4-9-29-54)55-30-10-5-11-31-55)59-49-51-64-61-37-18-22-42-68(61)79(74(64)53-59)71-45-25-23-43-69(71)78(56-32-12-6-13-33-56,57-34-14-7-15-35-57)70-44-24-26-46-72(70)79;1-2/h4,6-8,10,12-28,30-53H,5,9,11,29H2,1-3H3;1-2H3. The van der Waals surface area contributed by atoms with E-state index in [1.807, 2.05) is 13.8 Å². The Morgan fingerprint density at radius 2 is 0.866 bits per heavy atom. The molecule has 10 aromatic carbocycles. The Balaban J connectivity index is 0.00000298. The van der Waals surface area contributed by atoms with Gasteiger partial charge in [0, 0.05) is 27.8 Å². The summed E-state index contributed by atoms with van der Waals surface area (Å²) >= 11 is 0. The van der Waals surface area contributed by atoms with Gasteiger partial charge in [-0.15, -0.1) is 0 Å². The fraction of sp³-hybridized carbons (Fsp3) is 0.160. The zero-order chi connectivity index (χ0) is 55.6. The van der Waals surface area contributed by atoms with Crippen LogP contribution in [0.2, 0.25) is 0 Å². The number of rotatable bonds is 9. The molecule has 5 aliphatic carbocycles. The zero-order valence-corrected chi connectivity index (χ0v) is 47.8. The number of allylic oxidation sites excluding steroid dienone is 8. The molecule has 5 aliphatic rings. The number of hydrogen-bond donors (Lipinski definition) is 0. The maximum Gasteiger partial charge on any atom is 0.0720 e. The lowest BCUT2D eigenvalue weighted by molar-refractivity contribution is 0.623. The van der Waals surface area contributed by atoms with E-state index in [1.165, 1.54) is 106 Å². The minimum atomic E-state index is -0.660. The molecule has 1 nitrogen and oxygen atoms in total. The normalized spacial score (nSPS) is 16.6. The van der Waals surface area contributed by atoms with Crippen molar-refractivity contribution in [1.82, 2.24) is 0 Å². The van der Waals surface area contributed by atoms with Gasteiger partial charge in [-0.3, -0.25) is 0 Å². The number of benzene rings is 10. The Morgan fingerprint density at radius 1 is 0.390 bits per heavy atom. The molecule has 0 radical (unpaired) electrons. The van der Waals surface area contributed by atoms with Crippen LogP contribution in [-0.4, -0.2) is 0 Å². The largest absolute Gasteiger partial charge is 0.310 e. The van der Waals surface area contributed by atoms with Crippen molar-refractivity contribution in [1.29, 1.82) is 0 Å². The molecule has 15 rings (SSSR count). The fourth-order valence-corrected chi connectivity index (χ4v) is 15.5. The highest BCUT2D eigenvalue weighted by Gasteiger charge is 2.57. The third-order valence-electron chi connectivity index (χ3n) is 19.1. The molecule has 1 spiro atoms. The van der Waals surface area contributed by atoms with Crippen LogP contribution < -0.4 is 4.90 Å². The van der Waals surface area contributed by atoms with Crippen LogP contribution in [0.1, 0.15) is 121 Å². The Morgan fingerprint density at radius 3 is 1.45 bits per heavy atom. The number of hydrogen-bond acceptors (Lipinski definition) is 1. The van der Waals surface area contributed by atoms with E-state index in [9.17, 15) is 0 Å². The molecule has 0 amide bonds. The van der Waals surface area contributed by atoms with Crippen LogP contribution in [-0.2, 0) is 21.7 Å². The molecular formula is C81H69N. The van der Waals surface area contributed by atoms with E-state index in [2.05, 4.69) is 305 Å². The van der Waals surface area contributed by atoms with Crippen molar-refractivity contribution < 1.29 is 0 Å². The van der Waals surface area contributed by atoms with Gasteiger partial charge in [-0.2, -0.15) is 0 Å². The first-order valence-electron chi connectivity index (χ1n) is 29.9. The summed E-state index contributed by atoms with van der Waals surface area (Å²) in [6.07, 6.45) is 18.5. The highest BCUT2D eigenvalue weighted by atomic mass is 15.1. The van der Waals surface area contributed by atoms with Crippen molar-refractivity contribution in [2.24, 2.45) is 0 Å². The van der Waals surface area contributed by atoms with E-state index in [0.717, 1.165) is 42.7 Å². The van der Waals surface area contributed by atoms with Crippen molar-refractivity contribution >= 4 is 17.1 Å². The molecule has 0 N–H and O–H groups in total. The van der Waals surface area contributed by atoms with Crippen LogP contribution in [0.3, 0.4) is 0 Å². The van der Waals surface area contributed by atoms with Gasteiger partial charge < -0.3 is 4.90 Å². The van der Waals surface area contributed by atoms with Crippen molar-refractivity contribution in [3.8, 4) is 33.4 Å². The summed E-state index contributed by atoms with van der Waals surface area (Å²) in [6, 6.07) is 92.8. The van der Waals surface area contributed by atoms with Crippen molar-refractivity contribution in [3.05, 3.63) is 351 Å². The second-order valence-electron chi connectivity index (χ2n) is 23.3. The topological polar surface area (TPSA) is 3.24 Å².